The molecule has 0 rings (SSSR count). The Morgan fingerprint density at radius 3 is 2.17 bits per heavy atom. The van der Waals surface area contributed by atoms with Gasteiger partial charge >= 0.3 is 12.0 Å². The fourth-order valence-electron chi connectivity index (χ4n) is 1.43. The van der Waals surface area contributed by atoms with Crippen LogP contribution in [0.2, 0.25) is 0 Å². The van der Waals surface area contributed by atoms with Gasteiger partial charge in [-0.3, -0.25) is 0 Å². The van der Waals surface area contributed by atoms with Gasteiger partial charge in [-0.2, -0.15) is 0 Å². The van der Waals surface area contributed by atoms with E-state index < -0.39 is 12.0 Å². The van der Waals surface area contributed by atoms with Gasteiger partial charge in [-0.1, -0.05) is 34.6 Å². The minimum atomic E-state index is -0.973. The lowest BCUT2D eigenvalue weighted by molar-refractivity contribution is -0.141. The van der Waals surface area contributed by atoms with Gasteiger partial charge in [0.15, 0.2) is 0 Å². The van der Waals surface area contributed by atoms with E-state index in [9.17, 15) is 9.59 Å². The molecule has 0 aromatic rings. The van der Waals surface area contributed by atoms with Gasteiger partial charge in [-0.05, 0) is 17.8 Å². The summed E-state index contributed by atoms with van der Waals surface area (Å²) in [5.41, 5.74) is 0.114. The van der Waals surface area contributed by atoms with Crippen LogP contribution in [0, 0.1) is 11.3 Å². The fraction of sp³-hybridized carbons (Fsp3) is 0.846. The zero-order valence-corrected chi connectivity index (χ0v) is 12.3. The van der Waals surface area contributed by atoms with Gasteiger partial charge in [0.05, 0.1) is 0 Å². The van der Waals surface area contributed by atoms with Crippen molar-refractivity contribution < 1.29 is 14.7 Å². The third-order valence-electron chi connectivity index (χ3n) is 3.50. The maximum Gasteiger partial charge on any atom is 0.326 e. The zero-order chi connectivity index (χ0) is 14.5. The van der Waals surface area contributed by atoms with E-state index in [0.717, 1.165) is 0 Å². The van der Waals surface area contributed by atoms with E-state index in [1.54, 1.807) is 6.92 Å². The normalized spacial score (nSPS) is 14.8. The number of carbonyl (C=O) groups is 2. The van der Waals surface area contributed by atoms with Crippen LogP contribution in [0.15, 0.2) is 0 Å². The molecular weight excluding hydrogens is 232 g/mol. The average molecular weight is 258 g/mol. The second-order valence-electron chi connectivity index (χ2n) is 5.83. The summed E-state index contributed by atoms with van der Waals surface area (Å²) in [5, 5.41) is 11.8. The van der Waals surface area contributed by atoms with Crippen LogP contribution < -0.4 is 5.32 Å². The van der Waals surface area contributed by atoms with Crippen LogP contribution in [0.5, 0.6) is 0 Å². The molecule has 0 saturated carbocycles. The van der Waals surface area contributed by atoms with Crippen LogP contribution in [0.3, 0.4) is 0 Å². The Labute approximate surface area is 110 Å². The molecular formula is C13H26N2O3. The molecule has 0 aliphatic heterocycles. The number of aliphatic carboxylic acids is 1. The van der Waals surface area contributed by atoms with Gasteiger partial charge < -0.3 is 15.3 Å². The van der Waals surface area contributed by atoms with Crippen LogP contribution >= 0.6 is 0 Å². The lowest BCUT2D eigenvalue weighted by atomic mass is 9.82. The molecule has 5 heteroatoms. The molecule has 2 unspecified atom stereocenters. The molecule has 0 aromatic carbocycles. The molecule has 0 aliphatic rings. The maximum absolute atomic E-state index is 11.8. The molecule has 0 aliphatic carbocycles. The Bertz CT molecular complexity index is 297. The molecule has 0 radical (unpaired) electrons. The second-order valence-corrected chi connectivity index (χ2v) is 5.83. The molecule has 2 N–H and O–H groups in total. The van der Waals surface area contributed by atoms with Crippen molar-refractivity contribution in [1.29, 1.82) is 0 Å². The fourth-order valence-corrected chi connectivity index (χ4v) is 1.43. The second kappa shape index (κ2) is 6.61. The summed E-state index contributed by atoms with van der Waals surface area (Å²) in [4.78, 5) is 24.0. The Morgan fingerprint density at radius 2 is 1.83 bits per heavy atom. The third kappa shape index (κ3) is 4.94. The van der Waals surface area contributed by atoms with Crippen molar-refractivity contribution in [2.75, 3.05) is 13.6 Å². The number of urea groups is 1. The lowest BCUT2D eigenvalue weighted by Gasteiger charge is -2.29. The largest absolute Gasteiger partial charge is 0.480 e. The van der Waals surface area contributed by atoms with Gasteiger partial charge in [0.25, 0.3) is 0 Å². The van der Waals surface area contributed by atoms with Gasteiger partial charge in [0, 0.05) is 13.6 Å². The molecule has 18 heavy (non-hydrogen) atoms. The van der Waals surface area contributed by atoms with Gasteiger partial charge in [0.1, 0.15) is 6.04 Å². The number of hydrogen-bond acceptors (Lipinski definition) is 2. The Morgan fingerprint density at radius 1 is 1.33 bits per heavy atom. The van der Waals surface area contributed by atoms with Gasteiger partial charge in [-0.15, -0.1) is 0 Å². The number of carbonyl (C=O) groups excluding carboxylic acids is 1. The molecule has 0 bridgehead atoms. The predicted octanol–water partition coefficient (Wildman–Crippen LogP) is 2.17. The van der Waals surface area contributed by atoms with Crippen LogP contribution in [-0.2, 0) is 4.79 Å². The molecule has 0 fully saturated rings. The number of hydrogen-bond donors (Lipinski definition) is 2. The summed E-state index contributed by atoms with van der Waals surface area (Å²) in [5.74, 6) is -0.654. The van der Waals surface area contributed by atoms with Crippen molar-refractivity contribution in [2.24, 2.45) is 11.3 Å². The molecule has 0 spiro atoms. The first-order valence-corrected chi connectivity index (χ1v) is 6.34. The highest BCUT2D eigenvalue weighted by Crippen LogP contribution is 2.24. The van der Waals surface area contributed by atoms with Crippen molar-refractivity contribution in [1.82, 2.24) is 10.2 Å². The minimum Gasteiger partial charge on any atom is -0.480 e. The minimum absolute atomic E-state index is 0.114. The van der Waals surface area contributed by atoms with E-state index in [0.29, 0.717) is 18.9 Å². The zero-order valence-electron chi connectivity index (χ0n) is 12.3. The molecule has 0 heterocycles. The summed E-state index contributed by atoms with van der Waals surface area (Å²) >= 11 is 0. The monoisotopic (exact) mass is 258 g/mol. The first-order chi connectivity index (χ1) is 8.11. The predicted molar refractivity (Wildman–Crippen MR) is 71.5 cm³/mol. The average Bonchev–Trinajstić information content (AvgIpc) is 2.24. The molecule has 0 saturated heterocycles. The summed E-state index contributed by atoms with van der Waals surface area (Å²) in [6, 6.07) is -1.10. The van der Waals surface area contributed by atoms with Crippen molar-refractivity contribution in [3.05, 3.63) is 0 Å². The number of amides is 2. The van der Waals surface area contributed by atoms with Crippen LogP contribution in [0.4, 0.5) is 4.79 Å². The van der Waals surface area contributed by atoms with Gasteiger partial charge in [-0.25, -0.2) is 9.59 Å². The van der Waals surface area contributed by atoms with Gasteiger partial charge in [0.2, 0.25) is 0 Å². The summed E-state index contributed by atoms with van der Waals surface area (Å²) in [7, 11) is 1.51. The number of likely N-dealkylation sites (N-methyl/N-ethyl adjacent to an activating group) is 1. The standard InChI is InChI=1S/C13H26N2O3/c1-7-10(11(16)17)15(6)12(18)14-8-9(2)13(3,4)5/h9-10H,7-8H2,1-6H3,(H,14,18)(H,16,17). The first kappa shape index (κ1) is 16.7. The van der Waals surface area contributed by atoms with Crippen molar-refractivity contribution >= 4 is 12.0 Å². The van der Waals surface area contributed by atoms with E-state index in [4.69, 9.17) is 5.11 Å². The molecule has 0 aromatic heterocycles. The van der Waals surface area contributed by atoms with E-state index in [1.165, 1.54) is 11.9 Å². The highest BCUT2D eigenvalue weighted by Gasteiger charge is 2.26. The third-order valence-corrected chi connectivity index (χ3v) is 3.50. The smallest absolute Gasteiger partial charge is 0.326 e. The van der Waals surface area contributed by atoms with Crippen LogP contribution in [0.25, 0.3) is 0 Å². The van der Waals surface area contributed by atoms with E-state index in [-0.39, 0.29) is 11.4 Å². The summed E-state index contributed by atoms with van der Waals surface area (Å²) < 4.78 is 0. The number of nitrogens with zero attached hydrogens (tertiary/aromatic N) is 1. The van der Waals surface area contributed by atoms with E-state index in [1.807, 2.05) is 0 Å². The number of nitrogens with one attached hydrogen (secondary N) is 1. The quantitative estimate of drug-likeness (QED) is 0.794. The first-order valence-electron chi connectivity index (χ1n) is 6.34. The molecule has 106 valence electrons. The van der Waals surface area contributed by atoms with E-state index in [2.05, 4.69) is 33.0 Å². The topological polar surface area (TPSA) is 69.6 Å². The summed E-state index contributed by atoms with van der Waals surface area (Å²) in [6.45, 7) is 10.7. The number of carboxylic acid groups (broad SMARTS) is 1. The lowest BCUT2D eigenvalue weighted by Crippen LogP contribution is -2.48. The van der Waals surface area contributed by atoms with Crippen LogP contribution in [-0.4, -0.2) is 41.6 Å². The highest BCUT2D eigenvalue weighted by molar-refractivity contribution is 5.82. The van der Waals surface area contributed by atoms with Crippen molar-refractivity contribution in [3.8, 4) is 0 Å². The van der Waals surface area contributed by atoms with Crippen LogP contribution in [0.1, 0.15) is 41.0 Å². The number of carboxylic acids is 1. The maximum atomic E-state index is 11.8. The Hall–Kier alpha value is -1.26. The Kier molecular flexibility index (Phi) is 6.15. The molecule has 5 nitrogen and oxygen atoms in total. The summed E-state index contributed by atoms with van der Waals surface area (Å²) in [6.07, 6.45) is 0.397. The SMILES string of the molecule is CCC(C(=O)O)N(C)C(=O)NCC(C)C(C)(C)C. The Balaban J connectivity index is 4.37. The molecule has 2 amide bonds. The number of rotatable bonds is 5. The van der Waals surface area contributed by atoms with Crippen molar-refractivity contribution in [3.63, 3.8) is 0 Å². The highest BCUT2D eigenvalue weighted by atomic mass is 16.4. The van der Waals surface area contributed by atoms with Crippen molar-refractivity contribution in [2.45, 2.75) is 47.1 Å². The molecule has 2 atom stereocenters. The van der Waals surface area contributed by atoms with E-state index >= 15 is 0 Å².